The minimum atomic E-state index is -0.483. The van der Waals surface area contributed by atoms with Gasteiger partial charge in [-0.2, -0.15) is 0 Å². The Hall–Kier alpha value is -0.980. The highest BCUT2D eigenvalue weighted by molar-refractivity contribution is 14.1. The molecule has 0 aliphatic rings. The SMILES string of the molecule is CC(C)(C)C(=O)CNC(=O)c1ccc(F)cc1I. The summed E-state index contributed by atoms with van der Waals surface area (Å²) < 4.78 is 13.4. The van der Waals surface area contributed by atoms with Crippen LogP contribution in [-0.2, 0) is 4.79 Å². The zero-order chi connectivity index (χ0) is 13.9. The van der Waals surface area contributed by atoms with Gasteiger partial charge in [-0.15, -0.1) is 0 Å². The maximum atomic E-state index is 12.9. The first kappa shape index (κ1) is 15.1. The molecule has 0 saturated carbocycles. The Labute approximate surface area is 119 Å². The molecule has 1 N–H and O–H groups in total. The van der Waals surface area contributed by atoms with Crippen molar-refractivity contribution < 1.29 is 14.0 Å². The van der Waals surface area contributed by atoms with Crippen LogP contribution in [-0.4, -0.2) is 18.2 Å². The lowest BCUT2D eigenvalue weighted by molar-refractivity contribution is -0.125. The van der Waals surface area contributed by atoms with Crippen LogP contribution in [0.2, 0.25) is 0 Å². The standard InChI is InChI=1S/C13H15FINO2/c1-13(2,3)11(17)7-16-12(18)9-5-4-8(14)6-10(9)15/h4-6H,7H2,1-3H3,(H,16,18). The van der Waals surface area contributed by atoms with E-state index in [-0.39, 0.29) is 24.1 Å². The van der Waals surface area contributed by atoms with Crippen LogP contribution in [0.1, 0.15) is 31.1 Å². The van der Waals surface area contributed by atoms with E-state index in [4.69, 9.17) is 0 Å². The summed E-state index contributed by atoms with van der Waals surface area (Å²) in [6, 6.07) is 3.91. The number of hydrogen-bond acceptors (Lipinski definition) is 2. The molecule has 18 heavy (non-hydrogen) atoms. The summed E-state index contributed by atoms with van der Waals surface area (Å²) in [5, 5.41) is 2.55. The van der Waals surface area contributed by atoms with E-state index in [1.165, 1.54) is 18.2 Å². The summed E-state index contributed by atoms with van der Waals surface area (Å²) in [5.41, 5.74) is -0.109. The highest BCUT2D eigenvalue weighted by Crippen LogP contribution is 2.15. The number of ketones is 1. The van der Waals surface area contributed by atoms with Crippen LogP contribution in [0.15, 0.2) is 18.2 Å². The first-order valence-electron chi connectivity index (χ1n) is 5.48. The van der Waals surface area contributed by atoms with E-state index in [9.17, 15) is 14.0 Å². The first-order chi connectivity index (χ1) is 8.21. The summed E-state index contributed by atoms with van der Waals surface area (Å²) in [6.07, 6.45) is 0. The predicted molar refractivity (Wildman–Crippen MR) is 75.9 cm³/mol. The average molecular weight is 363 g/mol. The number of benzene rings is 1. The second-order valence-corrected chi connectivity index (χ2v) is 6.14. The Morgan fingerprint density at radius 2 is 1.94 bits per heavy atom. The third-order valence-electron chi connectivity index (χ3n) is 2.42. The van der Waals surface area contributed by atoms with Crippen molar-refractivity contribution in [2.45, 2.75) is 20.8 Å². The van der Waals surface area contributed by atoms with Crippen LogP contribution >= 0.6 is 22.6 Å². The molecule has 1 rings (SSSR count). The Kier molecular flexibility index (Phi) is 4.84. The monoisotopic (exact) mass is 363 g/mol. The summed E-state index contributed by atoms with van der Waals surface area (Å²) in [6.45, 7) is 5.37. The minimum Gasteiger partial charge on any atom is -0.345 e. The second-order valence-electron chi connectivity index (χ2n) is 4.98. The molecular formula is C13H15FINO2. The lowest BCUT2D eigenvalue weighted by atomic mass is 9.91. The fourth-order valence-electron chi connectivity index (χ4n) is 1.19. The van der Waals surface area contributed by atoms with Gasteiger partial charge in [0.05, 0.1) is 12.1 Å². The summed E-state index contributed by atoms with van der Waals surface area (Å²) >= 11 is 1.89. The smallest absolute Gasteiger partial charge is 0.252 e. The first-order valence-corrected chi connectivity index (χ1v) is 6.56. The zero-order valence-electron chi connectivity index (χ0n) is 10.5. The largest absolute Gasteiger partial charge is 0.345 e. The molecule has 0 aliphatic heterocycles. The summed E-state index contributed by atoms with van der Waals surface area (Å²) in [4.78, 5) is 23.5. The molecule has 98 valence electrons. The van der Waals surface area contributed by atoms with Crippen LogP contribution < -0.4 is 5.32 Å². The molecular weight excluding hydrogens is 348 g/mol. The maximum absolute atomic E-state index is 12.9. The molecule has 1 aromatic rings. The lowest BCUT2D eigenvalue weighted by Gasteiger charge is -2.16. The van der Waals surface area contributed by atoms with Crippen LogP contribution in [0, 0.1) is 14.8 Å². The molecule has 0 aromatic heterocycles. The number of carbonyl (C=O) groups is 2. The van der Waals surface area contributed by atoms with Gasteiger partial charge >= 0.3 is 0 Å². The Morgan fingerprint density at radius 1 is 1.33 bits per heavy atom. The van der Waals surface area contributed by atoms with Gasteiger partial charge in [0.25, 0.3) is 5.91 Å². The van der Waals surface area contributed by atoms with Gasteiger partial charge in [0, 0.05) is 8.99 Å². The minimum absolute atomic E-state index is 0.0181. The van der Waals surface area contributed by atoms with E-state index in [1.807, 2.05) is 22.6 Å². The Balaban J connectivity index is 2.70. The van der Waals surface area contributed by atoms with Crippen molar-refractivity contribution >= 4 is 34.3 Å². The summed E-state index contributed by atoms with van der Waals surface area (Å²) in [5.74, 6) is -0.799. The van der Waals surface area contributed by atoms with E-state index in [0.29, 0.717) is 9.13 Å². The van der Waals surface area contributed by atoms with Crippen LogP contribution in [0.4, 0.5) is 4.39 Å². The van der Waals surface area contributed by atoms with E-state index >= 15 is 0 Å². The fraction of sp³-hybridized carbons (Fsp3) is 0.385. The second kappa shape index (κ2) is 5.77. The van der Waals surface area contributed by atoms with Gasteiger partial charge in [0.1, 0.15) is 5.82 Å². The molecule has 0 radical (unpaired) electrons. The van der Waals surface area contributed by atoms with Crippen molar-refractivity contribution in [3.05, 3.63) is 33.1 Å². The van der Waals surface area contributed by atoms with E-state index in [2.05, 4.69) is 5.32 Å². The van der Waals surface area contributed by atoms with Crippen LogP contribution in [0.3, 0.4) is 0 Å². The van der Waals surface area contributed by atoms with Crippen molar-refractivity contribution in [2.75, 3.05) is 6.54 Å². The molecule has 0 saturated heterocycles. The van der Waals surface area contributed by atoms with E-state index < -0.39 is 5.41 Å². The van der Waals surface area contributed by atoms with Crippen molar-refractivity contribution in [1.82, 2.24) is 5.32 Å². The number of halogens is 2. The van der Waals surface area contributed by atoms with Crippen molar-refractivity contribution in [3.8, 4) is 0 Å². The fourth-order valence-corrected chi connectivity index (χ4v) is 1.92. The van der Waals surface area contributed by atoms with Crippen molar-refractivity contribution in [1.29, 1.82) is 0 Å². The Morgan fingerprint density at radius 3 is 2.44 bits per heavy atom. The van der Waals surface area contributed by atoms with Gasteiger partial charge in [0.2, 0.25) is 0 Å². The number of amides is 1. The third-order valence-corrected chi connectivity index (χ3v) is 3.31. The third kappa shape index (κ3) is 4.04. The van der Waals surface area contributed by atoms with Gasteiger partial charge in [0.15, 0.2) is 5.78 Å². The number of hydrogen-bond donors (Lipinski definition) is 1. The average Bonchev–Trinajstić information content (AvgIpc) is 2.24. The maximum Gasteiger partial charge on any atom is 0.252 e. The predicted octanol–water partition coefficient (Wildman–Crippen LogP) is 2.78. The molecule has 0 fully saturated rings. The molecule has 0 bridgehead atoms. The normalized spacial score (nSPS) is 11.2. The van der Waals surface area contributed by atoms with E-state index in [1.54, 1.807) is 20.8 Å². The molecule has 5 heteroatoms. The molecule has 0 aliphatic carbocycles. The van der Waals surface area contributed by atoms with Crippen molar-refractivity contribution in [2.24, 2.45) is 5.41 Å². The van der Waals surface area contributed by atoms with E-state index in [0.717, 1.165) is 0 Å². The number of Topliss-reactive ketones (excluding diaryl/α,β-unsaturated/α-hetero) is 1. The number of nitrogens with one attached hydrogen (secondary N) is 1. The highest BCUT2D eigenvalue weighted by Gasteiger charge is 2.21. The van der Waals surface area contributed by atoms with Crippen molar-refractivity contribution in [3.63, 3.8) is 0 Å². The van der Waals surface area contributed by atoms with Gasteiger partial charge in [-0.3, -0.25) is 9.59 Å². The molecule has 0 unspecified atom stereocenters. The van der Waals surface area contributed by atoms with Gasteiger partial charge < -0.3 is 5.32 Å². The van der Waals surface area contributed by atoms with Gasteiger partial charge in [-0.1, -0.05) is 20.8 Å². The molecule has 1 amide bonds. The topological polar surface area (TPSA) is 46.2 Å². The van der Waals surface area contributed by atoms with Crippen LogP contribution in [0.5, 0.6) is 0 Å². The quantitative estimate of drug-likeness (QED) is 0.840. The number of carbonyl (C=O) groups excluding carboxylic acids is 2. The van der Waals surface area contributed by atoms with Crippen LogP contribution in [0.25, 0.3) is 0 Å². The summed E-state index contributed by atoms with van der Waals surface area (Å²) in [7, 11) is 0. The molecule has 0 spiro atoms. The number of rotatable bonds is 3. The highest BCUT2D eigenvalue weighted by atomic mass is 127. The van der Waals surface area contributed by atoms with Gasteiger partial charge in [-0.05, 0) is 40.8 Å². The zero-order valence-corrected chi connectivity index (χ0v) is 12.7. The van der Waals surface area contributed by atoms with Gasteiger partial charge in [-0.25, -0.2) is 4.39 Å². The molecule has 3 nitrogen and oxygen atoms in total. The Bertz CT molecular complexity index is 480. The molecule has 1 aromatic carbocycles. The molecule has 0 heterocycles. The molecule has 0 atom stereocenters. The lowest BCUT2D eigenvalue weighted by Crippen LogP contribution is -2.35.